The summed E-state index contributed by atoms with van der Waals surface area (Å²) in [6, 6.07) is 15.7. The Balaban J connectivity index is 1.74. The molecule has 0 radical (unpaired) electrons. The molecule has 2 aliphatic rings. The predicted octanol–water partition coefficient (Wildman–Crippen LogP) is 4.02. The number of amides is 1. The maximum absolute atomic E-state index is 12.3. The molecule has 4 rings (SSSR count). The predicted molar refractivity (Wildman–Crippen MR) is 98.8 cm³/mol. The van der Waals surface area contributed by atoms with Gasteiger partial charge in [0.05, 0.1) is 18.7 Å². The molecule has 1 amide bonds. The van der Waals surface area contributed by atoms with E-state index in [4.69, 9.17) is 16.3 Å². The van der Waals surface area contributed by atoms with E-state index in [1.165, 1.54) is 0 Å². The van der Waals surface area contributed by atoms with Gasteiger partial charge in [0.25, 0.3) is 0 Å². The number of ether oxygens (including phenoxy) is 1. The molecule has 2 aromatic rings. The SMILES string of the molecule is COc1ccc(C2=CC3=NNC(=O)C3C(c3cccc(Cl)c3)C2)cc1. The van der Waals surface area contributed by atoms with Crippen molar-refractivity contribution in [2.75, 3.05) is 7.11 Å². The zero-order valence-electron chi connectivity index (χ0n) is 13.7. The van der Waals surface area contributed by atoms with E-state index in [-0.39, 0.29) is 17.7 Å². The van der Waals surface area contributed by atoms with Crippen molar-refractivity contribution in [3.8, 4) is 5.75 Å². The number of halogens is 1. The second-order valence-electron chi connectivity index (χ2n) is 6.25. The van der Waals surface area contributed by atoms with Gasteiger partial charge in [-0.05, 0) is 53.5 Å². The molecule has 1 aliphatic heterocycles. The molecule has 0 aromatic heterocycles. The van der Waals surface area contributed by atoms with E-state index in [0.717, 1.165) is 34.6 Å². The molecule has 126 valence electrons. The topological polar surface area (TPSA) is 50.7 Å². The highest BCUT2D eigenvalue weighted by atomic mass is 35.5. The van der Waals surface area contributed by atoms with Crippen molar-refractivity contribution in [1.82, 2.24) is 5.43 Å². The van der Waals surface area contributed by atoms with Gasteiger partial charge in [-0.2, -0.15) is 5.10 Å². The summed E-state index contributed by atoms with van der Waals surface area (Å²) in [6.45, 7) is 0. The Bertz CT molecular complexity index is 887. The highest BCUT2D eigenvalue weighted by molar-refractivity contribution is 6.30. The molecule has 0 saturated carbocycles. The molecule has 25 heavy (non-hydrogen) atoms. The van der Waals surface area contributed by atoms with Gasteiger partial charge >= 0.3 is 0 Å². The van der Waals surface area contributed by atoms with E-state index in [2.05, 4.69) is 10.5 Å². The minimum atomic E-state index is -0.263. The zero-order valence-corrected chi connectivity index (χ0v) is 14.5. The number of nitrogens with one attached hydrogen (secondary N) is 1. The number of carbonyl (C=O) groups excluding carboxylic acids is 1. The van der Waals surface area contributed by atoms with Crippen LogP contribution in [0.25, 0.3) is 5.57 Å². The van der Waals surface area contributed by atoms with E-state index in [0.29, 0.717) is 5.02 Å². The van der Waals surface area contributed by atoms with Crippen LogP contribution in [0.2, 0.25) is 5.02 Å². The van der Waals surface area contributed by atoms with Crippen molar-refractivity contribution in [2.24, 2.45) is 11.0 Å². The van der Waals surface area contributed by atoms with Gasteiger partial charge in [0, 0.05) is 10.9 Å². The van der Waals surface area contributed by atoms with Gasteiger partial charge in [0.1, 0.15) is 5.75 Å². The van der Waals surface area contributed by atoms with E-state index < -0.39 is 0 Å². The molecule has 2 unspecified atom stereocenters. The lowest BCUT2D eigenvalue weighted by molar-refractivity contribution is -0.122. The summed E-state index contributed by atoms with van der Waals surface area (Å²) in [7, 11) is 1.65. The molecule has 2 atom stereocenters. The first kappa shape index (κ1) is 15.9. The fourth-order valence-corrected chi connectivity index (χ4v) is 3.75. The number of fused-ring (bicyclic) bond motifs is 1. The lowest BCUT2D eigenvalue weighted by Crippen LogP contribution is -2.31. The summed E-state index contributed by atoms with van der Waals surface area (Å²) >= 11 is 6.17. The van der Waals surface area contributed by atoms with Crippen LogP contribution < -0.4 is 10.2 Å². The van der Waals surface area contributed by atoms with E-state index in [1.54, 1.807) is 7.11 Å². The number of hydrogen-bond donors (Lipinski definition) is 1. The van der Waals surface area contributed by atoms with Crippen molar-refractivity contribution in [3.05, 3.63) is 70.8 Å². The van der Waals surface area contributed by atoms with Crippen LogP contribution in [-0.2, 0) is 4.79 Å². The van der Waals surface area contributed by atoms with Crippen LogP contribution in [0.3, 0.4) is 0 Å². The molecule has 2 aromatic carbocycles. The van der Waals surface area contributed by atoms with Gasteiger partial charge in [0.2, 0.25) is 5.91 Å². The Morgan fingerprint density at radius 1 is 1.20 bits per heavy atom. The van der Waals surface area contributed by atoms with Crippen LogP contribution in [0.15, 0.2) is 59.7 Å². The zero-order chi connectivity index (χ0) is 17.4. The van der Waals surface area contributed by atoms with Crippen molar-refractivity contribution >= 4 is 28.8 Å². The minimum Gasteiger partial charge on any atom is -0.497 e. The standard InChI is InChI=1S/C20H17ClN2O2/c1-25-16-7-5-12(6-8-16)14-10-17(13-3-2-4-15(21)9-13)19-18(11-14)22-23-20(19)24/h2-9,11,17,19H,10H2,1H3,(H,23,24). The number of carbonyl (C=O) groups is 1. The van der Waals surface area contributed by atoms with Gasteiger partial charge in [-0.15, -0.1) is 0 Å². The van der Waals surface area contributed by atoms with Crippen molar-refractivity contribution in [1.29, 1.82) is 0 Å². The number of methoxy groups -OCH3 is 1. The van der Waals surface area contributed by atoms with Gasteiger partial charge in [-0.1, -0.05) is 35.9 Å². The normalized spacial score (nSPS) is 21.9. The van der Waals surface area contributed by atoms with Gasteiger partial charge in [0.15, 0.2) is 0 Å². The first-order valence-electron chi connectivity index (χ1n) is 8.13. The van der Waals surface area contributed by atoms with E-state index >= 15 is 0 Å². The van der Waals surface area contributed by atoms with Gasteiger partial charge in [-0.25, -0.2) is 5.43 Å². The van der Waals surface area contributed by atoms with Crippen LogP contribution in [0, 0.1) is 5.92 Å². The third kappa shape index (κ3) is 2.94. The number of benzene rings is 2. The molecular weight excluding hydrogens is 336 g/mol. The Morgan fingerprint density at radius 3 is 2.72 bits per heavy atom. The first-order chi connectivity index (χ1) is 12.2. The second-order valence-corrected chi connectivity index (χ2v) is 6.69. The Morgan fingerprint density at radius 2 is 2.00 bits per heavy atom. The largest absolute Gasteiger partial charge is 0.497 e. The molecular formula is C20H17ClN2O2. The Kier molecular flexibility index (Phi) is 4.06. The number of hydrazone groups is 1. The molecule has 0 bridgehead atoms. The van der Waals surface area contributed by atoms with Crippen LogP contribution >= 0.6 is 11.6 Å². The average molecular weight is 353 g/mol. The molecule has 0 saturated heterocycles. The van der Waals surface area contributed by atoms with E-state index in [9.17, 15) is 4.79 Å². The fraction of sp³-hybridized carbons (Fsp3) is 0.200. The van der Waals surface area contributed by atoms with Crippen LogP contribution in [0.1, 0.15) is 23.5 Å². The lowest BCUT2D eigenvalue weighted by atomic mass is 9.73. The molecule has 1 aliphatic carbocycles. The maximum Gasteiger partial charge on any atom is 0.249 e. The van der Waals surface area contributed by atoms with Crippen LogP contribution in [-0.4, -0.2) is 18.7 Å². The van der Waals surface area contributed by atoms with E-state index in [1.807, 2.05) is 54.6 Å². The molecule has 5 heteroatoms. The summed E-state index contributed by atoms with van der Waals surface area (Å²) in [6.07, 6.45) is 2.77. The van der Waals surface area contributed by atoms with Crippen LogP contribution in [0.5, 0.6) is 5.75 Å². The average Bonchev–Trinajstić information content (AvgIpc) is 3.02. The monoisotopic (exact) mass is 352 g/mol. The third-order valence-corrected chi connectivity index (χ3v) is 5.03. The summed E-state index contributed by atoms with van der Waals surface area (Å²) in [5.41, 5.74) is 6.72. The highest BCUT2D eigenvalue weighted by Crippen LogP contribution is 2.42. The number of rotatable bonds is 3. The smallest absolute Gasteiger partial charge is 0.249 e. The second kappa shape index (κ2) is 6.37. The Hall–Kier alpha value is -2.59. The number of hydrogen-bond acceptors (Lipinski definition) is 3. The third-order valence-electron chi connectivity index (χ3n) is 4.80. The molecule has 1 heterocycles. The Labute approximate surface area is 151 Å². The highest BCUT2D eigenvalue weighted by Gasteiger charge is 2.40. The van der Waals surface area contributed by atoms with Gasteiger partial charge in [-0.3, -0.25) is 4.79 Å². The number of allylic oxidation sites excluding steroid dienone is 2. The first-order valence-corrected chi connectivity index (χ1v) is 8.51. The summed E-state index contributed by atoms with van der Waals surface area (Å²) in [4.78, 5) is 12.3. The maximum atomic E-state index is 12.3. The summed E-state index contributed by atoms with van der Waals surface area (Å²) < 4.78 is 5.23. The molecule has 4 nitrogen and oxygen atoms in total. The summed E-state index contributed by atoms with van der Waals surface area (Å²) in [5, 5.41) is 4.91. The van der Waals surface area contributed by atoms with Gasteiger partial charge < -0.3 is 4.74 Å². The summed E-state index contributed by atoms with van der Waals surface area (Å²) in [5.74, 6) is 0.520. The van der Waals surface area contributed by atoms with Crippen LogP contribution in [0.4, 0.5) is 0 Å². The quantitative estimate of drug-likeness (QED) is 0.907. The minimum absolute atomic E-state index is 0.0158. The van der Waals surface area contributed by atoms with Crippen molar-refractivity contribution in [3.63, 3.8) is 0 Å². The fourth-order valence-electron chi connectivity index (χ4n) is 3.55. The van der Waals surface area contributed by atoms with Crippen molar-refractivity contribution in [2.45, 2.75) is 12.3 Å². The molecule has 0 spiro atoms. The molecule has 0 fully saturated rings. The molecule has 1 N–H and O–H groups in total. The lowest BCUT2D eigenvalue weighted by Gasteiger charge is -2.28. The van der Waals surface area contributed by atoms with Crippen molar-refractivity contribution < 1.29 is 9.53 Å². The number of nitrogens with zero attached hydrogens (tertiary/aromatic N) is 1.